The van der Waals surface area contributed by atoms with Crippen molar-refractivity contribution in [3.8, 4) is 0 Å². The van der Waals surface area contributed by atoms with E-state index in [2.05, 4.69) is 15.6 Å². The Hall–Kier alpha value is -2.28. The molecule has 4 nitrogen and oxygen atoms in total. The molecule has 1 heterocycles. The molecule has 0 atom stereocenters. The van der Waals surface area contributed by atoms with Crippen molar-refractivity contribution in [2.75, 3.05) is 17.7 Å². The number of carbonyl (C=O) groups excluding carboxylic acids is 1. The average Bonchev–Trinajstić information content (AvgIpc) is 2.45. The van der Waals surface area contributed by atoms with Crippen LogP contribution in [0.2, 0.25) is 5.02 Å². The predicted octanol–water partition coefficient (Wildman–Crippen LogP) is 3.45. The first-order chi connectivity index (χ1) is 9.92. The Bertz CT molecular complexity index is 709. The molecule has 0 aliphatic heterocycles. The minimum Gasteiger partial charge on any atom is -0.373 e. The van der Waals surface area contributed by atoms with Gasteiger partial charge in [-0.1, -0.05) is 11.6 Å². The second kappa shape index (κ2) is 6.01. The van der Waals surface area contributed by atoms with E-state index in [0.29, 0.717) is 18.0 Å². The van der Waals surface area contributed by atoms with Gasteiger partial charge in [-0.25, -0.2) is 18.2 Å². The van der Waals surface area contributed by atoms with Gasteiger partial charge in [-0.15, -0.1) is 0 Å². The number of nitrogens with one attached hydrogen (secondary N) is 2. The van der Waals surface area contributed by atoms with E-state index >= 15 is 0 Å². The van der Waals surface area contributed by atoms with Crippen LogP contribution < -0.4 is 10.6 Å². The van der Waals surface area contributed by atoms with Crippen molar-refractivity contribution in [2.24, 2.45) is 0 Å². The van der Waals surface area contributed by atoms with Crippen LogP contribution in [0.15, 0.2) is 24.4 Å². The van der Waals surface area contributed by atoms with Gasteiger partial charge in [0.15, 0.2) is 11.6 Å². The third-order valence-electron chi connectivity index (χ3n) is 2.61. The Kier molecular flexibility index (Phi) is 4.32. The van der Waals surface area contributed by atoms with Gasteiger partial charge in [0.1, 0.15) is 11.6 Å². The van der Waals surface area contributed by atoms with E-state index in [1.54, 1.807) is 7.05 Å². The molecule has 0 aliphatic rings. The number of pyridine rings is 1. The highest BCUT2D eigenvalue weighted by Crippen LogP contribution is 2.22. The maximum Gasteiger partial charge on any atom is 0.257 e. The lowest BCUT2D eigenvalue weighted by molar-refractivity contribution is 0.102. The predicted molar refractivity (Wildman–Crippen MR) is 73.1 cm³/mol. The molecule has 0 bridgehead atoms. The normalized spacial score (nSPS) is 10.3. The molecule has 0 unspecified atom stereocenters. The van der Waals surface area contributed by atoms with Crippen LogP contribution in [-0.4, -0.2) is 17.9 Å². The molecule has 1 amide bonds. The van der Waals surface area contributed by atoms with Gasteiger partial charge in [0.05, 0.1) is 16.3 Å². The van der Waals surface area contributed by atoms with E-state index in [1.807, 2.05) is 0 Å². The van der Waals surface area contributed by atoms with Gasteiger partial charge < -0.3 is 10.6 Å². The largest absolute Gasteiger partial charge is 0.373 e. The number of benzene rings is 1. The van der Waals surface area contributed by atoms with Crippen LogP contribution in [0.1, 0.15) is 10.4 Å². The molecule has 1 aromatic heterocycles. The van der Waals surface area contributed by atoms with Crippen LogP contribution in [0.5, 0.6) is 0 Å². The van der Waals surface area contributed by atoms with Gasteiger partial charge in [0.25, 0.3) is 5.91 Å². The van der Waals surface area contributed by atoms with Crippen molar-refractivity contribution in [2.45, 2.75) is 0 Å². The van der Waals surface area contributed by atoms with E-state index in [-0.39, 0.29) is 10.6 Å². The maximum atomic E-state index is 13.5. The average molecular weight is 316 g/mol. The van der Waals surface area contributed by atoms with Gasteiger partial charge in [-0.3, -0.25) is 4.79 Å². The summed E-state index contributed by atoms with van der Waals surface area (Å²) < 4.78 is 39.4. The fourth-order valence-electron chi connectivity index (χ4n) is 1.56. The molecule has 2 rings (SSSR count). The number of anilines is 2. The fraction of sp³-hybridized carbons (Fsp3) is 0.0769. The van der Waals surface area contributed by atoms with E-state index in [9.17, 15) is 18.0 Å². The van der Waals surface area contributed by atoms with Gasteiger partial charge in [-0.2, -0.15) is 0 Å². The standard InChI is InChI=1S/C13H9ClF3N3O/c1-18-12-2-6(7(14)5-19-12)13(21)20-11-4-9(16)8(15)3-10(11)17/h2-5H,1H3,(H,18,19)(H,20,21). The van der Waals surface area contributed by atoms with Crippen LogP contribution in [0.4, 0.5) is 24.7 Å². The molecule has 0 radical (unpaired) electrons. The van der Waals surface area contributed by atoms with Gasteiger partial charge >= 0.3 is 0 Å². The van der Waals surface area contributed by atoms with Crippen LogP contribution in [0.25, 0.3) is 0 Å². The van der Waals surface area contributed by atoms with E-state index < -0.39 is 29.0 Å². The van der Waals surface area contributed by atoms with Gasteiger partial charge in [0, 0.05) is 25.4 Å². The second-order valence-electron chi connectivity index (χ2n) is 4.00. The minimum absolute atomic E-state index is 0.0140. The summed E-state index contributed by atoms with van der Waals surface area (Å²) in [7, 11) is 1.59. The zero-order valence-corrected chi connectivity index (χ0v) is 11.4. The number of carbonyl (C=O) groups is 1. The van der Waals surface area contributed by atoms with Crippen molar-refractivity contribution in [1.82, 2.24) is 4.98 Å². The SMILES string of the molecule is CNc1cc(C(=O)Nc2cc(F)c(F)cc2F)c(Cl)cn1. The molecule has 0 saturated heterocycles. The number of amides is 1. The van der Waals surface area contributed by atoms with Crippen molar-refractivity contribution in [3.05, 3.63) is 52.4 Å². The molecule has 110 valence electrons. The Labute approximate surface area is 122 Å². The quantitative estimate of drug-likeness (QED) is 0.853. The molecular formula is C13H9ClF3N3O. The van der Waals surface area contributed by atoms with E-state index in [4.69, 9.17) is 11.6 Å². The molecule has 0 saturated carbocycles. The Morgan fingerprint density at radius 2 is 1.81 bits per heavy atom. The topological polar surface area (TPSA) is 54.0 Å². The number of hydrogen-bond donors (Lipinski definition) is 2. The third-order valence-corrected chi connectivity index (χ3v) is 2.92. The smallest absolute Gasteiger partial charge is 0.257 e. The first-order valence-electron chi connectivity index (χ1n) is 5.71. The second-order valence-corrected chi connectivity index (χ2v) is 4.41. The molecule has 0 fully saturated rings. The number of nitrogens with zero attached hydrogens (tertiary/aromatic N) is 1. The molecule has 0 spiro atoms. The third kappa shape index (κ3) is 3.25. The van der Waals surface area contributed by atoms with Crippen molar-refractivity contribution in [1.29, 1.82) is 0 Å². The highest BCUT2D eigenvalue weighted by Gasteiger charge is 2.16. The molecule has 8 heteroatoms. The lowest BCUT2D eigenvalue weighted by Gasteiger charge is -2.09. The van der Waals surface area contributed by atoms with Crippen LogP contribution >= 0.6 is 11.6 Å². The van der Waals surface area contributed by atoms with Crippen molar-refractivity contribution in [3.63, 3.8) is 0 Å². The molecule has 21 heavy (non-hydrogen) atoms. The molecular weight excluding hydrogens is 307 g/mol. The fourth-order valence-corrected chi connectivity index (χ4v) is 1.75. The summed E-state index contributed by atoms with van der Waals surface area (Å²) in [4.78, 5) is 15.9. The number of aromatic nitrogens is 1. The monoisotopic (exact) mass is 315 g/mol. The first kappa shape index (κ1) is 15.1. The summed E-state index contributed by atoms with van der Waals surface area (Å²) in [6.45, 7) is 0. The number of halogens is 4. The van der Waals surface area contributed by atoms with Crippen molar-refractivity contribution >= 4 is 29.0 Å². The van der Waals surface area contributed by atoms with Crippen LogP contribution in [0.3, 0.4) is 0 Å². The maximum absolute atomic E-state index is 13.5. The first-order valence-corrected chi connectivity index (χ1v) is 6.09. The summed E-state index contributed by atoms with van der Waals surface area (Å²) in [5.41, 5.74) is -0.474. The lowest BCUT2D eigenvalue weighted by atomic mass is 10.2. The molecule has 0 aliphatic carbocycles. The summed E-state index contributed by atoms with van der Waals surface area (Å²) in [5.74, 6) is -4.12. The van der Waals surface area contributed by atoms with Crippen LogP contribution in [0, 0.1) is 17.5 Å². The summed E-state index contributed by atoms with van der Waals surface area (Å²) in [6, 6.07) is 2.24. The van der Waals surface area contributed by atoms with Crippen LogP contribution in [-0.2, 0) is 0 Å². The summed E-state index contributed by atoms with van der Waals surface area (Å²) in [6.07, 6.45) is 1.24. The number of rotatable bonds is 3. The zero-order valence-electron chi connectivity index (χ0n) is 10.7. The molecule has 2 N–H and O–H groups in total. The van der Waals surface area contributed by atoms with E-state index in [1.165, 1.54) is 12.3 Å². The Morgan fingerprint density at radius 1 is 1.14 bits per heavy atom. The zero-order chi connectivity index (χ0) is 15.6. The minimum atomic E-state index is -1.34. The van der Waals surface area contributed by atoms with E-state index in [0.717, 1.165) is 0 Å². The Morgan fingerprint density at radius 3 is 2.48 bits per heavy atom. The molecule has 1 aromatic carbocycles. The van der Waals surface area contributed by atoms with Gasteiger partial charge in [-0.05, 0) is 6.07 Å². The summed E-state index contributed by atoms with van der Waals surface area (Å²) >= 11 is 5.83. The summed E-state index contributed by atoms with van der Waals surface area (Å²) in [5, 5.41) is 4.87. The molecule has 2 aromatic rings. The van der Waals surface area contributed by atoms with Gasteiger partial charge in [0.2, 0.25) is 0 Å². The lowest BCUT2D eigenvalue weighted by Crippen LogP contribution is -2.14. The highest BCUT2D eigenvalue weighted by atomic mass is 35.5. The number of hydrogen-bond acceptors (Lipinski definition) is 3. The van der Waals surface area contributed by atoms with Crippen molar-refractivity contribution < 1.29 is 18.0 Å². The Balaban J connectivity index is 2.32. The highest BCUT2D eigenvalue weighted by molar-refractivity contribution is 6.34.